The van der Waals surface area contributed by atoms with E-state index in [2.05, 4.69) is 0 Å². The van der Waals surface area contributed by atoms with Gasteiger partial charge in [0.25, 0.3) is 0 Å². The number of nitrogens with two attached hydrogens (primary N) is 1. The third kappa shape index (κ3) is 3.17. The molecule has 0 aliphatic carbocycles. The molecular formula is C16H15NO5. The van der Waals surface area contributed by atoms with Crippen molar-refractivity contribution < 1.29 is 24.9 Å². The van der Waals surface area contributed by atoms with Gasteiger partial charge in [-0.15, -0.1) is 0 Å². The van der Waals surface area contributed by atoms with Gasteiger partial charge in [0.05, 0.1) is 11.8 Å². The average molecular weight is 301 g/mol. The van der Waals surface area contributed by atoms with Crippen LogP contribution in [0.3, 0.4) is 0 Å². The van der Waals surface area contributed by atoms with Crippen molar-refractivity contribution in [3.8, 4) is 5.75 Å². The number of carbonyl (C=O) groups is 2. The highest BCUT2D eigenvalue weighted by Gasteiger charge is 2.36. The second-order valence-corrected chi connectivity index (χ2v) is 4.89. The van der Waals surface area contributed by atoms with Crippen LogP contribution in [0.25, 0.3) is 0 Å². The van der Waals surface area contributed by atoms with Crippen molar-refractivity contribution in [3.05, 3.63) is 59.7 Å². The second kappa shape index (κ2) is 6.17. The van der Waals surface area contributed by atoms with Gasteiger partial charge in [0.1, 0.15) is 5.75 Å². The van der Waals surface area contributed by atoms with Gasteiger partial charge in [-0.2, -0.15) is 0 Å². The molecule has 6 nitrogen and oxygen atoms in total. The van der Waals surface area contributed by atoms with E-state index in [1.165, 1.54) is 48.5 Å². The van der Waals surface area contributed by atoms with Gasteiger partial charge in [0, 0.05) is 5.69 Å². The third-order valence-corrected chi connectivity index (χ3v) is 3.41. The predicted octanol–water partition coefficient (Wildman–Crippen LogP) is 2.01. The van der Waals surface area contributed by atoms with Gasteiger partial charge in [-0.25, -0.2) is 0 Å². The Morgan fingerprint density at radius 2 is 1.14 bits per heavy atom. The second-order valence-electron chi connectivity index (χ2n) is 4.89. The molecule has 114 valence electrons. The van der Waals surface area contributed by atoms with E-state index >= 15 is 0 Å². The van der Waals surface area contributed by atoms with Gasteiger partial charge in [0.15, 0.2) is 0 Å². The number of hydrogen-bond donors (Lipinski definition) is 4. The molecule has 2 aromatic rings. The first kappa shape index (κ1) is 15.4. The molecular weight excluding hydrogens is 286 g/mol. The highest BCUT2D eigenvalue weighted by Crippen LogP contribution is 2.34. The van der Waals surface area contributed by atoms with Crippen LogP contribution in [0, 0.1) is 0 Å². The summed E-state index contributed by atoms with van der Waals surface area (Å²) in [5, 5.41) is 28.3. The van der Waals surface area contributed by atoms with Crippen LogP contribution in [-0.2, 0) is 9.59 Å². The van der Waals surface area contributed by atoms with Crippen LogP contribution in [0.15, 0.2) is 48.5 Å². The zero-order chi connectivity index (χ0) is 16.3. The topological polar surface area (TPSA) is 121 Å². The zero-order valence-corrected chi connectivity index (χ0v) is 11.5. The number of phenols is 1. The van der Waals surface area contributed by atoms with Crippen LogP contribution in [0.5, 0.6) is 5.75 Å². The molecule has 0 fully saturated rings. The molecule has 0 saturated heterocycles. The molecule has 6 heteroatoms. The molecule has 0 heterocycles. The maximum atomic E-state index is 11.6. The van der Waals surface area contributed by atoms with Crippen molar-refractivity contribution in [2.24, 2.45) is 0 Å². The number of benzene rings is 2. The first-order valence-corrected chi connectivity index (χ1v) is 6.50. The molecule has 0 bridgehead atoms. The number of carboxylic acid groups (broad SMARTS) is 2. The Bertz CT molecular complexity index is 617. The molecule has 0 amide bonds. The van der Waals surface area contributed by atoms with Gasteiger partial charge in [-0.05, 0) is 35.4 Å². The highest BCUT2D eigenvalue weighted by atomic mass is 16.4. The quantitative estimate of drug-likeness (QED) is 0.627. The zero-order valence-electron chi connectivity index (χ0n) is 11.5. The van der Waals surface area contributed by atoms with Crippen molar-refractivity contribution in [1.82, 2.24) is 0 Å². The molecule has 0 aliphatic heterocycles. The Hall–Kier alpha value is -3.02. The van der Waals surface area contributed by atoms with Crippen LogP contribution in [0.2, 0.25) is 0 Å². The minimum Gasteiger partial charge on any atom is -0.508 e. The molecule has 2 unspecified atom stereocenters. The fraction of sp³-hybridized carbons (Fsp3) is 0.125. The lowest BCUT2D eigenvalue weighted by molar-refractivity contribution is -0.147. The lowest BCUT2D eigenvalue weighted by atomic mass is 9.81. The first-order valence-electron chi connectivity index (χ1n) is 6.50. The fourth-order valence-corrected chi connectivity index (χ4v) is 2.34. The minimum atomic E-state index is -1.28. The number of aliphatic carboxylic acids is 2. The molecule has 0 spiro atoms. The Kier molecular flexibility index (Phi) is 4.31. The third-order valence-electron chi connectivity index (χ3n) is 3.41. The Labute approximate surface area is 126 Å². The van der Waals surface area contributed by atoms with Crippen LogP contribution in [0.4, 0.5) is 5.69 Å². The maximum absolute atomic E-state index is 11.6. The minimum absolute atomic E-state index is 0.0211. The van der Waals surface area contributed by atoms with Crippen LogP contribution >= 0.6 is 0 Å². The number of anilines is 1. The summed E-state index contributed by atoms with van der Waals surface area (Å²) in [6, 6.07) is 11.5. The Balaban J connectivity index is 2.51. The molecule has 2 aromatic carbocycles. The van der Waals surface area contributed by atoms with Crippen LogP contribution < -0.4 is 5.73 Å². The van der Waals surface area contributed by atoms with Crippen LogP contribution in [0.1, 0.15) is 23.0 Å². The van der Waals surface area contributed by atoms with Crippen molar-refractivity contribution in [2.75, 3.05) is 5.73 Å². The summed E-state index contributed by atoms with van der Waals surface area (Å²) in [5.74, 6) is -5.06. The number of rotatable bonds is 5. The van der Waals surface area contributed by atoms with Crippen molar-refractivity contribution in [1.29, 1.82) is 0 Å². The van der Waals surface area contributed by atoms with E-state index in [1.807, 2.05) is 0 Å². The summed E-state index contributed by atoms with van der Waals surface area (Å²) in [6.45, 7) is 0. The smallest absolute Gasteiger partial charge is 0.312 e. The summed E-state index contributed by atoms with van der Waals surface area (Å²) in [7, 11) is 0. The predicted molar refractivity (Wildman–Crippen MR) is 79.7 cm³/mol. The molecule has 2 rings (SSSR count). The van der Waals surface area contributed by atoms with Gasteiger partial charge in [-0.1, -0.05) is 24.3 Å². The lowest BCUT2D eigenvalue weighted by Gasteiger charge is -2.21. The fourth-order valence-electron chi connectivity index (χ4n) is 2.34. The highest BCUT2D eigenvalue weighted by molar-refractivity contribution is 5.88. The van der Waals surface area contributed by atoms with E-state index in [9.17, 15) is 24.9 Å². The molecule has 2 atom stereocenters. The Morgan fingerprint density at radius 1 is 0.773 bits per heavy atom. The number of nitrogen functional groups attached to an aromatic ring is 1. The van der Waals surface area contributed by atoms with Crippen LogP contribution in [-0.4, -0.2) is 27.3 Å². The SMILES string of the molecule is Nc1ccc(C(C(=O)O)C(C(=O)O)c2ccc(O)cc2)cc1. The van der Waals surface area contributed by atoms with E-state index in [0.717, 1.165) is 0 Å². The summed E-state index contributed by atoms with van der Waals surface area (Å²) in [4.78, 5) is 23.2. The van der Waals surface area contributed by atoms with E-state index in [1.54, 1.807) is 0 Å². The number of carboxylic acids is 2. The van der Waals surface area contributed by atoms with Gasteiger partial charge in [0.2, 0.25) is 0 Å². The molecule has 0 radical (unpaired) electrons. The Morgan fingerprint density at radius 3 is 1.50 bits per heavy atom. The normalized spacial score (nSPS) is 13.3. The number of phenolic OH excluding ortho intramolecular Hbond substituents is 1. The standard InChI is InChI=1S/C16H15NO5/c17-11-5-1-9(2-6-11)13(15(19)20)14(16(21)22)10-3-7-12(18)8-4-10/h1-8,13-14,18H,17H2,(H,19,20)(H,21,22). The number of hydrogen-bond acceptors (Lipinski definition) is 4. The average Bonchev–Trinajstić information content (AvgIpc) is 2.46. The molecule has 0 aliphatic rings. The first-order chi connectivity index (χ1) is 10.4. The monoisotopic (exact) mass is 301 g/mol. The molecule has 5 N–H and O–H groups in total. The van der Waals surface area contributed by atoms with E-state index in [0.29, 0.717) is 16.8 Å². The molecule has 0 aromatic heterocycles. The largest absolute Gasteiger partial charge is 0.508 e. The number of aromatic hydroxyl groups is 1. The van der Waals surface area contributed by atoms with Crippen molar-refractivity contribution in [3.63, 3.8) is 0 Å². The van der Waals surface area contributed by atoms with Gasteiger partial charge >= 0.3 is 11.9 Å². The maximum Gasteiger partial charge on any atom is 0.312 e. The summed E-state index contributed by atoms with van der Waals surface area (Å²) in [5.41, 5.74) is 6.69. The van der Waals surface area contributed by atoms with Crippen molar-refractivity contribution >= 4 is 17.6 Å². The lowest BCUT2D eigenvalue weighted by Crippen LogP contribution is -2.26. The summed E-state index contributed by atoms with van der Waals surface area (Å²) < 4.78 is 0. The van der Waals surface area contributed by atoms with E-state index < -0.39 is 23.8 Å². The van der Waals surface area contributed by atoms with E-state index in [-0.39, 0.29) is 5.75 Å². The molecule has 0 saturated carbocycles. The van der Waals surface area contributed by atoms with Gasteiger partial charge < -0.3 is 21.1 Å². The van der Waals surface area contributed by atoms with E-state index in [4.69, 9.17) is 5.73 Å². The summed E-state index contributed by atoms with van der Waals surface area (Å²) in [6.07, 6.45) is 0. The molecule has 22 heavy (non-hydrogen) atoms. The van der Waals surface area contributed by atoms with Gasteiger partial charge in [-0.3, -0.25) is 9.59 Å². The summed E-state index contributed by atoms with van der Waals surface area (Å²) >= 11 is 0. The van der Waals surface area contributed by atoms with Crippen molar-refractivity contribution in [2.45, 2.75) is 11.8 Å².